The third-order valence-electron chi connectivity index (χ3n) is 4.92. The van der Waals surface area contributed by atoms with Gasteiger partial charge < -0.3 is 14.7 Å². The molecule has 0 fully saturated rings. The monoisotopic (exact) mass is 365 g/mol. The molecule has 2 aromatic carbocycles. The Morgan fingerprint density at radius 1 is 1.22 bits per heavy atom. The first-order valence-corrected chi connectivity index (χ1v) is 8.71. The molecule has 0 saturated heterocycles. The number of hydrogen-bond acceptors (Lipinski definition) is 5. The molecular weight excluding hydrogens is 346 g/mol. The number of hydrogen-bond donors (Lipinski definition) is 2. The Morgan fingerprint density at radius 2 is 2.00 bits per heavy atom. The van der Waals surface area contributed by atoms with E-state index in [9.17, 15) is 14.7 Å². The number of carbonyl (C=O) groups is 2. The minimum Gasteiger partial charge on any atom is -0.507 e. The van der Waals surface area contributed by atoms with E-state index in [1.54, 1.807) is 25.0 Å². The summed E-state index contributed by atoms with van der Waals surface area (Å²) in [6, 6.07) is 8.71. The summed E-state index contributed by atoms with van der Waals surface area (Å²) >= 11 is 0. The van der Waals surface area contributed by atoms with Crippen LogP contribution in [0.1, 0.15) is 45.3 Å². The van der Waals surface area contributed by atoms with Crippen molar-refractivity contribution in [2.75, 3.05) is 7.11 Å². The van der Waals surface area contributed by atoms with Gasteiger partial charge in [-0.2, -0.15) is 5.10 Å². The molecule has 7 heteroatoms. The van der Waals surface area contributed by atoms with Gasteiger partial charge in [-0.25, -0.2) is 0 Å². The quantitative estimate of drug-likeness (QED) is 0.693. The summed E-state index contributed by atoms with van der Waals surface area (Å²) < 4.78 is 5.24. The number of rotatable bonds is 4. The van der Waals surface area contributed by atoms with Gasteiger partial charge in [-0.1, -0.05) is 13.0 Å². The number of nitrogens with one attached hydrogen (secondary N) is 1. The SMILES string of the molecule is CCC(=O)c1n[nH]c2cc(O)c(C(=O)N3Cc4ccc(OC)cc4C3)cc12. The molecule has 138 valence electrons. The van der Waals surface area contributed by atoms with Crippen LogP contribution >= 0.6 is 0 Å². The average molecular weight is 365 g/mol. The van der Waals surface area contributed by atoms with E-state index < -0.39 is 0 Å². The molecule has 0 radical (unpaired) electrons. The molecule has 1 aliphatic rings. The molecule has 1 aromatic heterocycles. The number of aromatic hydroxyl groups is 1. The van der Waals surface area contributed by atoms with Gasteiger partial charge in [-0.3, -0.25) is 14.7 Å². The van der Waals surface area contributed by atoms with E-state index in [0.29, 0.717) is 30.4 Å². The highest BCUT2D eigenvalue weighted by molar-refractivity contribution is 6.09. The second kappa shape index (κ2) is 6.42. The third-order valence-corrected chi connectivity index (χ3v) is 4.92. The fourth-order valence-corrected chi connectivity index (χ4v) is 3.42. The van der Waals surface area contributed by atoms with Gasteiger partial charge in [-0.15, -0.1) is 0 Å². The minimum absolute atomic E-state index is 0.119. The highest BCUT2D eigenvalue weighted by atomic mass is 16.5. The van der Waals surface area contributed by atoms with Gasteiger partial charge in [0.05, 0.1) is 18.2 Å². The number of aromatic nitrogens is 2. The van der Waals surface area contributed by atoms with E-state index in [-0.39, 0.29) is 28.7 Å². The van der Waals surface area contributed by atoms with Crippen LogP contribution in [0.5, 0.6) is 11.5 Å². The molecule has 0 spiro atoms. The van der Waals surface area contributed by atoms with Crippen LogP contribution in [0, 0.1) is 0 Å². The summed E-state index contributed by atoms with van der Waals surface area (Å²) in [6.07, 6.45) is 0.313. The fraction of sp³-hybridized carbons (Fsp3) is 0.250. The van der Waals surface area contributed by atoms with Gasteiger partial charge in [0.15, 0.2) is 5.78 Å². The predicted molar refractivity (Wildman–Crippen MR) is 99.0 cm³/mol. The van der Waals surface area contributed by atoms with Gasteiger partial charge in [-0.05, 0) is 29.3 Å². The summed E-state index contributed by atoms with van der Waals surface area (Å²) in [7, 11) is 1.60. The number of phenolic OH excluding ortho intramolecular Hbond substituents is 1. The number of benzene rings is 2. The fourth-order valence-electron chi connectivity index (χ4n) is 3.42. The lowest BCUT2D eigenvalue weighted by Gasteiger charge is -2.16. The molecule has 0 aliphatic carbocycles. The number of Topliss-reactive ketones (excluding diaryl/α,β-unsaturated/α-hetero) is 1. The van der Waals surface area contributed by atoms with Crippen molar-refractivity contribution >= 4 is 22.6 Å². The standard InChI is InChI=1S/C20H19N3O4/c1-3-17(24)19-14-7-15(18(25)8-16(14)21-22-19)20(26)23-9-11-4-5-13(27-2)6-12(11)10-23/h4-8,25H,3,9-10H2,1-2H3,(H,21,22). The highest BCUT2D eigenvalue weighted by Crippen LogP contribution is 2.32. The van der Waals surface area contributed by atoms with Crippen LogP contribution < -0.4 is 4.74 Å². The minimum atomic E-state index is -0.291. The van der Waals surface area contributed by atoms with Crippen molar-refractivity contribution in [2.24, 2.45) is 0 Å². The average Bonchev–Trinajstić information content (AvgIpc) is 3.29. The van der Waals surface area contributed by atoms with Crippen LogP contribution in [0.15, 0.2) is 30.3 Å². The number of ether oxygens (including phenoxy) is 1. The van der Waals surface area contributed by atoms with Crippen molar-refractivity contribution in [3.05, 3.63) is 52.7 Å². The van der Waals surface area contributed by atoms with Crippen LogP contribution in [0.25, 0.3) is 10.9 Å². The normalized spacial score (nSPS) is 13.0. The molecule has 0 atom stereocenters. The van der Waals surface area contributed by atoms with Gasteiger partial charge in [0, 0.05) is 31.0 Å². The Morgan fingerprint density at radius 3 is 2.74 bits per heavy atom. The van der Waals surface area contributed by atoms with E-state index in [1.165, 1.54) is 6.07 Å². The topological polar surface area (TPSA) is 95.5 Å². The van der Waals surface area contributed by atoms with Crippen LogP contribution in [0.4, 0.5) is 0 Å². The second-order valence-corrected chi connectivity index (χ2v) is 6.56. The molecule has 27 heavy (non-hydrogen) atoms. The molecule has 1 aliphatic heterocycles. The van der Waals surface area contributed by atoms with Gasteiger partial charge >= 0.3 is 0 Å². The number of phenols is 1. The third kappa shape index (κ3) is 2.81. The number of nitrogens with zero attached hydrogens (tertiary/aromatic N) is 2. The lowest BCUT2D eigenvalue weighted by atomic mass is 10.1. The highest BCUT2D eigenvalue weighted by Gasteiger charge is 2.27. The number of fused-ring (bicyclic) bond motifs is 2. The van der Waals surface area contributed by atoms with Gasteiger partial charge in [0.25, 0.3) is 5.91 Å². The van der Waals surface area contributed by atoms with E-state index in [2.05, 4.69) is 10.2 Å². The number of amides is 1. The van der Waals surface area contributed by atoms with E-state index in [0.717, 1.165) is 16.9 Å². The van der Waals surface area contributed by atoms with Crippen LogP contribution in [0.3, 0.4) is 0 Å². The van der Waals surface area contributed by atoms with Gasteiger partial charge in [0.2, 0.25) is 0 Å². The molecule has 4 rings (SSSR count). The molecular formula is C20H19N3O4. The maximum Gasteiger partial charge on any atom is 0.258 e. The van der Waals surface area contributed by atoms with Gasteiger partial charge in [0.1, 0.15) is 17.2 Å². The number of H-pyrrole nitrogens is 1. The van der Waals surface area contributed by atoms with E-state index >= 15 is 0 Å². The second-order valence-electron chi connectivity index (χ2n) is 6.56. The Kier molecular flexibility index (Phi) is 4.07. The maximum atomic E-state index is 13.0. The summed E-state index contributed by atoms with van der Waals surface area (Å²) in [5.41, 5.74) is 3.04. The zero-order valence-corrected chi connectivity index (χ0v) is 15.1. The first kappa shape index (κ1) is 17.1. The largest absolute Gasteiger partial charge is 0.507 e. The number of aromatic amines is 1. The molecule has 2 heterocycles. The van der Waals surface area contributed by atoms with E-state index in [4.69, 9.17) is 4.74 Å². The van der Waals surface area contributed by atoms with Crippen LogP contribution in [-0.2, 0) is 13.1 Å². The van der Waals surface area contributed by atoms with Crippen molar-refractivity contribution < 1.29 is 19.4 Å². The van der Waals surface area contributed by atoms with Crippen molar-refractivity contribution in [2.45, 2.75) is 26.4 Å². The van der Waals surface area contributed by atoms with Crippen molar-refractivity contribution in [1.29, 1.82) is 0 Å². The Bertz CT molecular complexity index is 1070. The number of ketones is 1. The van der Waals surface area contributed by atoms with E-state index in [1.807, 2.05) is 18.2 Å². The summed E-state index contributed by atoms with van der Waals surface area (Å²) in [4.78, 5) is 26.8. The number of carbonyl (C=O) groups excluding carboxylic acids is 2. The first-order chi connectivity index (χ1) is 13.0. The molecule has 0 bridgehead atoms. The lowest BCUT2D eigenvalue weighted by molar-refractivity contribution is 0.0748. The Labute approximate surface area is 155 Å². The van der Waals surface area contributed by atoms with Crippen molar-refractivity contribution in [1.82, 2.24) is 15.1 Å². The molecule has 2 N–H and O–H groups in total. The molecule has 3 aromatic rings. The van der Waals surface area contributed by atoms with Crippen LogP contribution in [-0.4, -0.2) is 39.0 Å². The number of methoxy groups -OCH3 is 1. The van der Waals surface area contributed by atoms with Crippen molar-refractivity contribution in [3.63, 3.8) is 0 Å². The Hall–Kier alpha value is -3.35. The molecule has 0 saturated carbocycles. The maximum absolute atomic E-state index is 13.0. The smallest absolute Gasteiger partial charge is 0.258 e. The summed E-state index contributed by atoms with van der Waals surface area (Å²) in [5, 5.41) is 17.7. The van der Waals surface area contributed by atoms with Crippen molar-refractivity contribution in [3.8, 4) is 11.5 Å². The molecule has 1 amide bonds. The summed E-state index contributed by atoms with van der Waals surface area (Å²) in [5.74, 6) is 0.195. The summed E-state index contributed by atoms with van der Waals surface area (Å²) in [6.45, 7) is 2.65. The first-order valence-electron chi connectivity index (χ1n) is 8.71. The zero-order chi connectivity index (χ0) is 19.1. The zero-order valence-electron chi connectivity index (χ0n) is 15.1. The Balaban J connectivity index is 1.69. The molecule has 0 unspecified atom stereocenters. The predicted octanol–water partition coefficient (Wildman–Crippen LogP) is 3.03. The lowest BCUT2D eigenvalue weighted by Crippen LogP contribution is -2.25. The van der Waals surface area contributed by atoms with Crippen LogP contribution in [0.2, 0.25) is 0 Å². The molecule has 7 nitrogen and oxygen atoms in total.